The van der Waals surface area contributed by atoms with Gasteiger partial charge >= 0.3 is 0 Å². The van der Waals surface area contributed by atoms with Crippen LogP contribution < -0.4 is 10.1 Å². The average molecular weight is 352 g/mol. The normalized spacial score (nSPS) is 10.8. The summed E-state index contributed by atoms with van der Waals surface area (Å²) >= 11 is 1.38. The van der Waals surface area contributed by atoms with E-state index in [-0.39, 0.29) is 5.91 Å². The fraction of sp³-hybridized carbons (Fsp3) is 0.0625. The van der Waals surface area contributed by atoms with Crippen molar-refractivity contribution in [3.63, 3.8) is 0 Å². The Bertz CT molecular complexity index is 1040. The summed E-state index contributed by atoms with van der Waals surface area (Å²) in [6.45, 7) is 0. The molecule has 4 aromatic rings. The maximum Gasteiger partial charge on any atom is 0.259 e. The Hall–Kier alpha value is -3.33. The number of ether oxygens (including phenoxy) is 1. The van der Waals surface area contributed by atoms with Gasteiger partial charge in [0.2, 0.25) is 0 Å². The van der Waals surface area contributed by atoms with E-state index < -0.39 is 0 Å². The van der Waals surface area contributed by atoms with Gasteiger partial charge in [0.1, 0.15) is 12.1 Å². The molecule has 0 aliphatic carbocycles. The molecular weight excluding hydrogens is 340 g/mol. The monoisotopic (exact) mass is 352 g/mol. The highest BCUT2D eigenvalue weighted by molar-refractivity contribution is 7.22. The molecular formula is C16H12N6O2S. The van der Waals surface area contributed by atoms with Crippen LogP contribution in [0.25, 0.3) is 15.9 Å². The predicted molar refractivity (Wildman–Crippen MR) is 93.3 cm³/mol. The molecule has 2 heterocycles. The van der Waals surface area contributed by atoms with Crippen LogP contribution in [0.5, 0.6) is 5.75 Å². The van der Waals surface area contributed by atoms with Crippen molar-refractivity contribution in [2.24, 2.45) is 0 Å². The Labute approximate surface area is 146 Å². The zero-order chi connectivity index (χ0) is 17.2. The second kappa shape index (κ2) is 6.29. The lowest BCUT2D eigenvalue weighted by molar-refractivity contribution is 0.102. The molecule has 0 saturated carbocycles. The second-order valence-electron chi connectivity index (χ2n) is 5.08. The van der Waals surface area contributed by atoms with Crippen LogP contribution in [-0.4, -0.2) is 38.2 Å². The average Bonchev–Trinajstić information content (AvgIpc) is 3.30. The standard InChI is InChI=1S/C16H12N6O2S/c1-24-10-6-7-12-14(8-10)25-16(18-12)19-15(23)11-4-2-3-5-13(11)22-9-17-20-21-22/h2-9H,1H3,(H,18,19,23). The molecule has 4 rings (SSSR count). The lowest BCUT2D eigenvalue weighted by Crippen LogP contribution is -2.15. The molecule has 0 aliphatic heterocycles. The first-order valence-electron chi connectivity index (χ1n) is 7.33. The maximum atomic E-state index is 12.7. The number of tetrazole rings is 1. The number of benzene rings is 2. The van der Waals surface area contributed by atoms with Crippen LogP contribution in [0.2, 0.25) is 0 Å². The number of anilines is 1. The molecule has 8 nitrogen and oxygen atoms in total. The van der Waals surface area contributed by atoms with Crippen molar-refractivity contribution in [2.45, 2.75) is 0 Å². The largest absolute Gasteiger partial charge is 0.497 e. The van der Waals surface area contributed by atoms with Crippen molar-refractivity contribution in [2.75, 3.05) is 12.4 Å². The number of nitrogens with one attached hydrogen (secondary N) is 1. The summed E-state index contributed by atoms with van der Waals surface area (Å²) in [5.41, 5.74) is 1.84. The maximum absolute atomic E-state index is 12.7. The predicted octanol–water partition coefficient (Wildman–Crippen LogP) is 2.53. The molecule has 0 bridgehead atoms. The van der Waals surface area contributed by atoms with Gasteiger partial charge in [-0.05, 0) is 40.8 Å². The first-order valence-corrected chi connectivity index (χ1v) is 8.14. The Morgan fingerprint density at radius 2 is 2.12 bits per heavy atom. The van der Waals surface area contributed by atoms with Crippen LogP contribution in [0.3, 0.4) is 0 Å². The molecule has 2 aromatic heterocycles. The summed E-state index contributed by atoms with van der Waals surface area (Å²) in [5, 5.41) is 14.4. The van der Waals surface area contributed by atoms with Gasteiger partial charge < -0.3 is 4.74 Å². The third-order valence-corrected chi connectivity index (χ3v) is 4.49. The number of aromatic nitrogens is 5. The number of amides is 1. The topological polar surface area (TPSA) is 94.8 Å². The number of fused-ring (bicyclic) bond motifs is 1. The van der Waals surface area contributed by atoms with Gasteiger partial charge in [0.25, 0.3) is 5.91 Å². The number of thiazole rings is 1. The van der Waals surface area contributed by atoms with E-state index in [4.69, 9.17) is 4.74 Å². The van der Waals surface area contributed by atoms with Crippen LogP contribution in [0.4, 0.5) is 5.13 Å². The van der Waals surface area contributed by atoms with Crippen LogP contribution in [-0.2, 0) is 0 Å². The number of methoxy groups -OCH3 is 1. The van der Waals surface area contributed by atoms with Crippen molar-refractivity contribution < 1.29 is 9.53 Å². The number of rotatable bonds is 4. The van der Waals surface area contributed by atoms with E-state index in [2.05, 4.69) is 25.8 Å². The van der Waals surface area contributed by atoms with Gasteiger partial charge in [-0.3, -0.25) is 10.1 Å². The van der Waals surface area contributed by atoms with E-state index in [1.807, 2.05) is 24.3 Å². The number of hydrogen-bond acceptors (Lipinski definition) is 7. The molecule has 0 fully saturated rings. The molecule has 0 aliphatic rings. The van der Waals surface area contributed by atoms with Crippen LogP contribution in [0.1, 0.15) is 10.4 Å². The molecule has 0 atom stereocenters. The Kier molecular flexibility index (Phi) is 3.82. The molecule has 0 radical (unpaired) electrons. The van der Waals surface area contributed by atoms with Gasteiger partial charge in [0.15, 0.2) is 5.13 Å². The Balaban J connectivity index is 1.65. The Morgan fingerprint density at radius 3 is 2.92 bits per heavy atom. The first-order chi connectivity index (χ1) is 12.2. The minimum absolute atomic E-state index is 0.280. The number of carbonyl (C=O) groups excluding carboxylic acids is 1. The summed E-state index contributed by atoms with van der Waals surface area (Å²) in [4.78, 5) is 17.1. The van der Waals surface area contributed by atoms with Crippen LogP contribution >= 0.6 is 11.3 Å². The van der Waals surface area contributed by atoms with Crippen molar-refractivity contribution >= 4 is 32.6 Å². The molecule has 1 amide bonds. The summed E-state index contributed by atoms with van der Waals surface area (Å²) in [6, 6.07) is 12.7. The van der Waals surface area contributed by atoms with Crippen LogP contribution in [0, 0.1) is 0 Å². The highest BCUT2D eigenvalue weighted by Crippen LogP contribution is 2.29. The van der Waals surface area contributed by atoms with E-state index in [1.165, 1.54) is 22.3 Å². The quantitative estimate of drug-likeness (QED) is 0.606. The summed E-state index contributed by atoms with van der Waals surface area (Å²) in [7, 11) is 1.61. The van der Waals surface area contributed by atoms with Crippen molar-refractivity contribution in [3.05, 3.63) is 54.4 Å². The highest BCUT2D eigenvalue weighted by Gasteiger charge is 2.15. The minimum Gasteiger partial charge on any atom is -0.497 e. The number of nitrogens with zero attached hydrogens (tertiary/aromatic N) is 5. The molecule has 25 heavy (non-hydrogen) atoms. The third-order valence-electron chi connectivity index (χ3n) is 3.56. The van der Waals surface area contributed by atoms with Gasteiger partial charge in [-0.2, -0.15) is 4.68 Å². The summed E-state index contributed by atoms with van der Waals surface area (Å²) in [5.74, 6) is 0.468. The Morgan fingerprint density at radius 1 is 1.24 bits per heavy atom. The van der Waals surface area contributed by atoms with Gasteiger partial charge in [-0.15, -0.1) is 5.10 Å². The minimum atomic E-state index is -0.280. The van der Waals surface area contributed by atoms with Gasteiger partial charge in [0, 0.05) is 0 Å². The molecule has 0 spiro atoms. The van der Waals surface area contributed by atoms with E-state index in [0.29, 0.717) is 16.4 Å². The molecule has 1 N–H and O–H groups in total. The molecule has 0 saturated heterocycles. The molecule has 9 heteroatoms. The molecule has 0 unspecified atom stereocenters. The lowest BCUT2D eigenvalue weighted by atomic mass is 10.1. The molecule has 124 valence electrons. The second-order valence-corrected chi connectivity index (χ2v) is 6.11. The zero-order valence-electron chi connectivity index (χ0n) is 13.1. The lowest BCUT2D eigenvalue weighted by Gasteiger charge is -2.07. The third kappa shape index (κ3) is 2.92. The zero-order valence-corrected chi connectivity index (χ0v) is 13.9. The number of hydrogen-bond donors (Lipinski definition) is 1. The highest BCUT2D eigenvalue weighted by atomic mass is 32.1. The fourth-order valence-corrected chi connectivity index (χ4v) is 3.28. The smallest absolute Gasteiger partial charge is 0.259 e. The number of carbonyl (C=O) groups is 1. The van der Waals surface area contributed by atoms with Crippen LogP contribution in [0.15, 0.2) is 48.8 Å². The van der Waals surface area contributed by atoms with E-state index >= 15 is 0 Å². The number of para-hydroxylation sites is 1. The SMILES string of the molecule is COc1ccc2nc(NC(=O)c3ccccc3-n3cnnn3)sc2c1. The molecule has 2 aromatic carbocycles. The van der Waals surface area contributed by atoms with Gasteiger partial charge in [-0.1, -0.05) is 23.5 Å². The van der Waals surface area contributed by atoms with Crippen molar-refractivity contribution in [1.29, 1.82) is 0 Å². The summed E-state index contributed by atoms with van der Waals surface area (Å²) < 4.78 is 7.59. The van der Waals surface area contributed by atoms with E-state index in [1.54, 1.807) is 25.3 Å². The first kappa shape index (κ1) is 15.2. The van der Waals surface area contributed by atoms with Crippen molar-refractivity contribution in [1.82, 2.24) is 25.2 Å². The van der Waals surface area contributed by atoms with Gasteiger partial charge in [0.05, 0.1) is 28.6 Å². The van der Waals surface area contributed by atoms with E-state index in [0.717, 1.165) is 16.0 Å². The fourth-order valence-electron chi connectivity index (χ4n) is 2.39. The summed E-state index contributed by atoms with van der Waals surface area (Å²) in [6.07, 6.45) is 1.44. The van der Waals surface area contributed by atoms with E-state index in [9.17, 15) is 4.79 Å². The van der Waals surface area contributed by atoms with Gasteiger partial charge in [-0.25, -0.2) is 4.98 Å². The van der Waals surface area contributed by atoms with Crippen molar-refractivity contribution in [3.8, 4) is 11.4 Å².